The van der Waals surface area contributed by atoms with Crippen molar-refractivity contribution in [2.24, 2.45) is 5.73 Å². The maximum atomic E-state index is 9.11. The molecule has 112 valence electrons. The Morgan fingerprint density at radius 1 is 1.45 bits per heavy atom. The quantitative estimate of drug-likeness (QED) is 0.784. The lowest BCUT2D eigenvalue weighted by atomic mass is 9.99. The number of para-hydroxylation sites is 1. The van der Waals surface area contributed by atoms with Gasteiger partial charge in [-0.15, -0.1) is 0 Å². The van der Waals surface area contributed by atoms with E-state index in [2.05, 4.69) is 19.9 Å². The molecule has 0 fully saturated rings. The van der Waals surface area contributed by atoms with E-state index in [0.717, 1.165) is 30.8 Å². The zero-order chi connectivity index (χ0) is 14.8. The van der Waals surface area contributed by atoms with E-state index in [1.165, 1.54) is 5.56 Å². The highest BCUT2D eigenvalue weighted by Crippen LogP contribution is 2.41. The molecule has 20 heavy (non-hydrogen) atoms. The van der Waals surface area contributed by atoms with Crippen LogP contribution in [0.25, 0.3) is 0 Å². The zero-order valence-corrected chi connectivity index (χ0v) is 12.6. The molecule has 0 radical (unpaired) electrons. The van der Waals surface area contributed by atoms with Gasteiger partial charge in [-0.2, -0.15) is 0 Å². The molecule has 0 aliphatic carbocycles. The van der Waals surface area contributed by atoms with Gasteiger partial charge in [0.15, 0.2) is 11.5 Å². The van der Waals surface area contributed by atoms with Crippen molar-refractivity contribution in [3.8, 4) is 11.5 Å². The van der Waals surface area contributed by atoms with E-state index in [1.807, 2.05) is 19.1 Å². The number of hydrogen-bond acceptors (Lipinski definition) is 4. The van der Waals surface area contributed by atoms with Gasteiger partial charge in [-0.3, -0.25) is 0 Å². The summed E-state index contributed by atoms with van der Waals surface area (Å²) in [5.41, 5.74) is 6.41. The first-order valence-corrected chi connectivity index (χ1v) is 7.16. The zero-order valence-electron chi connectivity index (χ0n) is 12.6. The molecule has 1 aromatic rings. The van der Waals surface area contributed by atoms with Crippen molar-refractivity contribution in [2.75, 3.05) is 13.2 Å². The number of nitrogens with two attached hydrogens (primary N) is 1. The maximum absolute atomic E-state index is 9.11. The largest absolute Gasteiger partial charge is 0.490 e. The molecule has 3 N–H and O–H groups in total. The number of aliphatic hydroxyl groups is 1. The molecule has 0 saturated heterocycles. The molecule has 0 saturated carbocycles. The summed E-state index contributed by atoms with van der Waals surface area (Å²) < 4.78 is 11.8. The topological polar surface area (TPSA) is 64.7 Å². The van der Waals surface area contributed by atoms with Crippen LogP contribution in [0.4, 0.5) is 0 Å². The Bertz CT molecular complexity index is 469. The molecule has 0 amide bonds. The highest BCUT2D eigenvalue weighted by Gasteiger charge is 2.32. The lowest BCUT2D eigenvalue weighted by Crippen LogP contribution is -2.40. The van der Waals surface area contributed by atoms with E-state index < -0.39 is 5.54 Å². The van der Waals surface area contributed by atoms with Crippen LogP contribution in [0.2, 0.25) is 0 Å². The third-order valence-corrected chi connectivity index (χ3v) is 3.57. The molecule has 0 spiro atoms. The second kappa shape index (κ2) is 5.62. The minimum Gasteiger partial charge on any atom is -0.490 e. The minimum absolute atomic E-state index is 0.00889. The van der Waals surface area contributed by atoms with Crippen molar-refractivity contribution in [1.29, 1.82) is 0 Å². The van der Waals surface area contributed by atoms with Gasteiger partial charge < -0.3 is 20.3 Å². The molecule has 4 nitrogen and oxygen atoms in total. The third kappa shape index (κ3) is 3.64. The van der Waals surface area contributed by atoms with Crippen molar-refractivity contribution in [2.45, 2.75) is 51.2 Å². The average molecular weight is 279 g/mol. The molecule has 0 aromatic heterocycles. The van der Waals surface area contributed by atoms with Gasteiger partial charge in [0.2, 0.25) is 0 Å². The summed E-state index contributed by atoms with van der Waals surface area (Å²) in [5.74, 6) is 1.67. The molecular weight excluding hydrogens is 254 g/mol. The van der Waals surface area contributed by atoms with Gasteiger partial charge in [0.25, 0.3) is 0 Å². The number of fused-ring (bicyclic) bond motifs is 1. The van der Waals surface area contributed by atoms with Crippen LogP contribution in [-0.4, -0.2) is 29.5 Å². The van der Waals surface area contributed by atoms with Crippen molar-refractivity contribution in [3.63, 3.8) is 0 Å². The average Bonchev–Trinajstić information content (AvgIpc) is 2.69. The highest BCUT2D eigenvalue weighted by molar-refractivity contribution is 5.50. The first-order chi connectivity index (χ1) is 9.33. The summed E-state index contributed by atoms with van der Waals surface area (Å²) in [7, 11) is 0. The van der Waals surface area contributed by atoms with Gasteiger partial charge in [0, 0.05) is 17.5 Å². The summed E-state index contributed by atoms with van der Waals surface area (Å²) in [4.78, 5) is 0. The highest BCUT2D eigenvalue weighted by atomic mass is 16.5. The monoisotopic (exact) mass is 279 g/mol. The van der Waals surface area contributed by atoms with Crippen molar-refractivity contribution in [1.82, 2.24) is 0 Å². The number of rotatable bonds is 6. The fraction of sp³-hybridized carbons (Fsp3) is 0.625. The van der Waals surface area contributed by atoms with Crippen LogP contribution in [0.15, 0.2) is 18.2 Å². The second-order valence-corrected chi connectivity index (χ2v) is 6.55. The van der Waals surface area contributed by atoms with E-state index in [4.69, 9.17) is 20.3 Å². The van der Waals surface area contributed by atoms with Gasteiger partial charge in [-0.25, -0.2) is 0 Å². The predicted octanol–water partition coefficient (Wildman–Crippen LogP) is 2.27. The summed E-state index contributed by atoms with van der Waals surface area (Å²) >= 11 is 0. The Hall–Kier alpha value is -1.26. The number of benzene rings is 1. The van der Waals surface area contributed by atoms with Gasteiger partial charge in [-0.05, 0) is 39.7 Å². The van der Waals surface area contributed by atoms with Gasteiger partial charge in [0.05, 0.1) is 13.2 Å². The van der Waals surface area contributed by atoms with E-state index in [9.17, 15) is 0 Å². The SMILES string of the molecule is CC(N)(CO)CCCOc1cccc2c1OC(C)(C)C2. The van der Waals surface area contributed by atoms with Crippen LogP contribution in [0.3, 0.4) is 0 Å². The van der Waals surface area contributed by atoms with E-state index in [1.54, 1.807) is 0 Å². The van der Waals surface area contributed by atoms with Gasteiger partial charge >= 0.3 is 0 Å². The van der Waals surface area contributed by atoms with Gasteiger partial charge in [0.1, 0.15) is 5.60 Å². The Kier molecular flexibility index (Phi) is 4.25. The van der Waals surface area contributed by atoms with E-state index >= 15 is 0 Å². The van der Waals surface area contributed by atoms with Crippen molar-refractivity contribution in [3.05, 3.63) is 23.8 Å². The van der Waals surface area contributed by atoms with E-state index in [0.29, 0.717) is 6.61 Å². The standard InChI is InChI=1S/C16H25NO3/c1-15(2)10-12-6-4-7-13(14(12)20-15)19-9-5-8-16(3,17)11-18/h4,6-7,18H,5,8-11,17H2,1-3H3. The molecule has 1 aromatic carbocycles. The molecule has 1 aliphatic heterocycles. The second-order valence-electron chi connectivity index (χ2n) is 6.55. The van der Waals surface area contributed by atoms with E-state index in [-0.39, 0.29) is 12.2 Å². The Morgan fingerprint density at radius 2 is 2.20 bits per heavy atom. The van der Waals surface area contributed by atoms with Crippen LogP contribution in [0.5, 0.6) is 11.5 Å². The van der Waals surface area contributed by atoms with Gasteiger partial charge in [-0.1, -0.05) is 12.1 Å². The summed E-state index contributed by atoms with van der Waals surface area (Å²) in [6.07, 6.45) is 2.44. The molecule has 0 bridgehead atoms. The van der Waals surface area contributed by atoms with Crippen LogP contribution in [0, 0.1) is 0 Å². The normalized spacial score (nSPS) is 19.1. The molecule has 1 heterocycles. The fourth-order valence-corrected chi connectivity index (χ4v) is 2.44. The lowest BCUT2D eigenvalue weighted by molar-refractivity contribution is 0.131. The third-order valence-electron chi connectivity index (χ3n) is 3.57. The van der Waals surface area contributed by atoms with Crippen molar-refractivity contribution >= 4 is 0 Å². The molecular formula is C16H25NO3. The number of aliphatic hydroxyl groups excluding tert-OH is 1. The Labute approximate surface area is 120 Å². The Balaban J connectivity index is 1.91. The van der Waals surface area contributed by atoms with Crippen LogP contribution < -0.4 is 15.2 Å². The molecule has 1 aliphatic rings. The first-order valence-electron chi connectivity index (χ1n) is 7.16. The predicted molar refractivity (Wildman–Crippen MR) is 79.3 cm³/mol. The van der Waals surface area contributed by atoms with Crippen LogP contribution >= 0.6 is 0 Å². The molecule has 1 atom stereocenters. The molecule has 1 unspecified atom stereocenters. The summed E-state index contributed by atoms with van der Waals surface area (Å²) in [6, 6.07) is 6.02. The minimum atomic E-state index is -0.527. The Morgan fingerprint density at radius 3 is 2.90 bits per heavy atom. The maximum Gasteiger partial charge on any atom is 0.165 e. The van der Waals surface area contributed by atoms with Crippen molar-refractivity contribution < 1.29 is 14.6 Å². The lowest BCUT2D eigenvalue weighted by Gasteiger charge is -2.21. The number of hydrogen-bond donors (Lipinski definition) is 2. The first kappa shape index (κ1) is 15.1. The number of ether oxygens (including phenoxy) is 2. The smallest absolute Gasteiger partial charge is 0.165 e. The van der Waals surface area contributed by atoms with Crippen LogP contribution in [0.1, 0.15) is 39.2 Å². The summed E-state index contributed by atoms with van der Waals surface area (Å²) in [5, 5.41) is 9.11. The molecule has 2 rings (SSSR count). The fourth-order valence-electron chi connectivity index (χ4n) is 2.44. The summed E-state index contributed by atoms with van der Waals surface area (Å²) in [6.45, 7) is 6.58. The van der Waals surface area contributed by atoms with Crippen LogP contribution in [-0.2, 0) is 6.42 Å². The molecule has 4 heteroatoms.